The Kier molecular flexibility index (Phi) is 5.16. The number of hydrogen-bond acceptors (Lipinski definition) is 5. The Hall–Kier alpha value is -3.06. The molecule has 0 spiro atoms. The number of hydrogen-bond donors (Lipinski definition) is 2. The van der Waals surface area contributed by atoms with Gasteiger partial charge in [0, 0.05) is 29.0 Å². The molecule has 0 saturated carbocycles. The number of aromatic nitrogens is 1. The van der Waals surface area contributed by atoms with Crippen molar-refractivity contribution < 1.29 is 14.0 Å². The molecule has 7 heteroatoms. The van der Waals surface area contributed by atoms with Crippen LogP contribution in [-0.4, -0.2) is 22.6 Å². The number of nitrogens with zero attached hydrogens (tertiary/aromatic N) is 1. The molecule has 2 amide bonds. The highest BCUT2D eigenvalue weighted by molar-refractivity contribution is 8.00. The molecular formula is C21H19N3O3S. The second-order valence-corrected chi connectivity index (χ2v) is 7.60. The van der Waals surface area contributed by atoms with Crippen LogP contribution in [0, 0.1) is 6.92 Å². The standard InChI is InChI=1S/C21H19N3O3S/c1-13-2-4-14(5-3-13)17-11-22-21(27-17)9-8-19(25)23-15-6-7-18-16(10-15)24-20(26)12-28-18/h2-7,10-11H,8-9,12H2,1H3,(H,23,25)(H,24,26). The van der Waals surface area contributed by atoms with Crippen LogP contribution < -0.4 is 10.6 Å². The maximum absolute atomic E-state index is 12.3. The first kappa shape index (κ1) is 18.3. The normalized spacial score (nSPS) is 13.0. The summed E-state index contributed by atoms with van der Waals surface area (Å²) in [6, 6.07) is 13.5. The number of anilines is 2. The highest BCUT2D eigenvalue weighted by atomic mass is 32.2. The first-order valence-corrected chi connectivity index (χ1v) is 9.94. The summed E-state index contributed by atoms with van der Waals surface area (Å²) >= 11 is 1.49. The van der Waals surface area contributed by atoms with E-state index >= 15 is 0 Å². The molecule has 1 aliphatic heterocycles. The molecular weight excluding hydrogens is 374 g/mol. The SMILES string of the molecule is Cc1ccc(-c2cnc(CCC(=O)Nc3ccc4c(c3)NC(=O)CS4)o2)cc1. The molecule has 2 heterocycles. The lowest BCUT2D eigenvalue weighted by Crippen LogP contribution is -2.19. The zero-order valence-electron chi connectivity index (χ0n) is 15.3. The molecule has 0 radical (unpaired) electrons. The molecule has 0 atom stereocenters. The lowest BCUT2D eigenvalue weighted by molar-refractivity contribution is -0.116. The smallest absolute Gasteiger partial charge is 0.234 e. The number of rotatable bonds is 5. The number of benzene rings is 2. The Balaban J connectivity index is 1.34. The Morgan fingerprint density at radius 1 is 1.25 bits per heavy atom. The van der Waals surface area contributed by atoms with Gasteiger partial charge in [0.15, 0.2) is 11.7 Å². The van der Waals surface area contributed by atoms with Crippen molar-refractivity contribution >= 4 is 35.0 Å². The average Bonchev–Trinajstić information content (AvgIpc) is 3.16. The van der Waals surface area contributed by atoms with Crippen molar-refractivity contribution in [2.24, 2.45) is 0 Å². The van der Waals surface area contributed by atoms with Crippen LogP contribution in [0.5, 0.6) is 0 Å². The third kappa shape index (κ3) is 4.26. The van der Waals surface area contributed by atoms with Crippen LogP contribution in [0.25, 0.3) is 11.3 Å². The summed E-state index contributed by atoms with van der Waals surface area (Å²) in [5.74, 6) is 1.47. The molecule has 3 aromatic rings. The fraction of sp³-hybridized carbons (Fsp3) is 0.190. The molecule has 0 saturated heterocycles. The van der Waals surface area contributed by atoms with Crippen LogP contribution in [0.15, 0.2) is 58.0 Å². The van der Waals surface area contributed by atoms with E-state index in [9.17, 15) is 9.59 Å². The van der Waals surface area contributed by atoms with E-state index in [-0.39, 0.29) is 18.2 Å². The molecule has 0 fully saturated rings. The van der Waals surface area contributed by atoms with Crippen LogP contribution in [0.4, 0.5) is 11.4 Å². The van der Waals surface area contributed by atoms with Crippen LogP contribution in [0.2, 0.25) is 0 Å². The van der Waals surface area contributed by atoms with E-state index in [1.165, 1.54) is 17.3 Å². The minimum atomic E-state index is -0.134. The highest BCUT2D eigenvalue weighted by Crippen LogP contribution is 2.33. The number of nitrogens with one attached hydrogen (secondary N) is 2. The monoisotopic (exact) mass is 393 g/mol. The zero-order valence-corrected chi connectivity index (χ0v) is 16.1. The molecule has 4 rings (SSSR count). The number of aryl methyl sites for hydroxylation is 2. The van der Waals surface area contributed by atoms with E-state index in [1.807, 2.05) is 43.3 Å². The van der Waals surface area contributed by atoms with Crippen molar-refractivity contribution in [2.45, 2.75) is 24.7 Å². The van der Waals surface area contributed by atoms with Gasteiger partial charge in [0.05, 0.1) is 17.6 Å². The molecule has 0 unspecified atom stereocenters. The molecule has 142 valence electrons. The van der Waals surface area contributed by atoms with Crippen LogP contribution in [0.3, 0.4) is 0 Å². The second-order valence-electron chi connectivity index (χ2n) is 6.58. The van der Waals surface area contributed by atoms with E-state index < -0.39 is 0 Å². The van der Waals surface area contributed by atoms with E-state index in [4.69, 9.17) is 4.42 Å². The van der Waals surface area contributed by atoms with E-state index in [0.717, 1.165) is 16.1 Å². The summed E-state index contributed by atoms with van der Waals surface area (Å²) in [7, 11) is 0. The lowest BCUT2D eigenvalue weighted by Gasteiger charge is -2.17. The van der Waals surface area contributed by atoms with Crippen molar-refractivity contribution in [3.05, 3.63) is 60.1 Å². The summed E-state index contributed by atoms with van der Waals surface area (Å²) in [5.41, 5.74) is 3.53. The quantitative estimate of drug-likeness (QED) is 0.676. The molecule has 0 aliphatic carbocycles. The minimum absolute atomic E-state index is 0.0331. The predicted molar refractivity (Wildman–Crippen MR) is 109 cm³/mol. The molecule has 0 bridgehead atoms. The van der Waals surface area contributed by atoms with Gasteiger partial charge in [0.1, 0.15) is 0 Å². The molecule has 6 nitrogen and oxygen atoms in total. The maximum atomic E-state index is 12.3. The average molecular weight is 393 g/mol. The van der Waals surface area contributed by atoms with Crippen molar-refractivity contribution in [3.63, 3.8) is 0 Å². The van der Waals surface area contributed by atoms with Gasteiger partial charge in [0.25, 0.3) is 0 Å². The van der Waals surface area contributed by atoms with E-state index in [2.05, 4.69) is 15.6 Å². The third-order valence-electron chi connectivity index (χ3n) is 4.35. The summed E-state index contributed by atoms with van der Waals surface area (Å²) in [6.45, 7) is 2.03. The number of amides is 2. The van der Waals surface area contributed by atoms with Gasteiger partial charge in [-0.05, 0) is 25.1 Å². The van der Waals surface area contributed by atoms with Gasteiger partial charge in [-0.15, -0.1) is 11.8 Å². The van der Waals surface area contributed by atoms with Crippen LogP contribution >= 0.6 is 11.8 Å². The number of thioether (sulfide) groups is 1. The summed E-state index contributed by atoms with van der Waals surface area (Å²) in [5, 5.41) is 5.67. The molecule has 1 aliphatic rings. The molecule has 1 aromatic heterocycles. The summed E-state index contributed by atoms with van der Waals surface area (Å²) < 4.78 is 5.76. The number of carbonyl (C=O) groups is 2. The summed E-state index contributed by atoms with van der Waals surface area (Å²) in [4.78, 5) is 29.0. The van der Waals surface area contributed by atoms with E-state index in [1.54, 1.807) is 12.3 Å². The van der Waals surface area contributed by atoms with Crippen LogP contribution in [0.1, 0.15) is 17.9 Å². The van der Waals surface area contributed by atoms with E-state index in [0.29, 0.717) is 29.5 Å². The molecule has 28 heavy (non-hydrogen) atoms. The molecule has 2 N–H and O–H groups in total. The Labute approximate surface area is 166 Å². The second kappa shape index (κ2) is 7.90. The Bertz CT molecular complexity index is 1030. The van der Waals surface area contributed by atoms with Gasteiger partial charge in [-0.25, -0.2) is 4.98 Å². The fourth-order valence-corrected chi connectivity index (χ4v) is 3.67. The topological polar surface area (TPSA) is 84.2 Å². The van der Waals surface area contributed by atoms with Crippen molar-refractivity contribution in [3.8, 4) is 11.3 Å². The van der Waals surface area contributed by atoms with Gasteiger partial charge < -0.3 is 15.1 Å². The first-order valence-electron chi connectivity index (χ1n) is 8.95. The highest BCUT2D eigenvalue weighted by Gasteiger charge is 2.16. The zero-order chi connectivity index (χ0) is 19.5. The summed E-state index contributed by atoms with van der Waals surface area (Å²) in [6.07, 6.45) is 2.35. The maximum Gasteiger partial charge on any atom is 0.234 e. The number of carbonyl (C=O) groups excluding carboxylic acids is 2. The van der Waals surface area contributed by atoms with Crippen molar-refractivity contribution in [1.29, 1.82) is 0 Å². The lowest BCUT2D eigenvalue weighted by atomic mass is 10.1. The van der Waals surface area contributed by atoms with Crippen molar-refractivity contribution in [2.75, 3.05) is 16.4 Å². The van der Waals surface area contributed by atoms with Crippen molar-refractivity contribution in [1.82, 2.24) is 4.98 Å². The largest absolute Gasteiger partial charge is 0.441 e. The Morgan fingerprint density at radius 3 is 2.89 bits per heavy atom. The van der Waals surface area contributed by atoms with Crippen LogP contribution in [-0.2, 0) is 16.0 Å². The van der Waals surface area contributed by atoms with Gasteiger partial charge in [0.2, 0.25) is 11.8 Å². The van der Waals surface area contributed by atoms with Gasteiger partial charge in [-0.3, -0.25) is 9.59 Å². The Morgan fingerprint density at radius 2 is 2.07 bits per heavy atom. The van der Waals surface area contributed by atoms with Gasteiger partial charge in [-0.2, -0.15) is 0 Å². The van der Waals surface area contributed by atoms with Gasteiger partial charge >= 0.3 is 0 Å². The number of fused-ring (bicyclic) bond motifs is 1. The first-order chi connectivity index (χ1) is 13.6. The molecule has 2 aromatic carbocycles. The minimum Gasteiger partial charge on any atom is -0.441 e. The third-order valence-corrected chi connectivity index (χ3v) is 5.43. The predicted octanol–water partition coefficient (Wildman–Crippen LogP) is 4.27. The number of oxazole rings is 1. The fourth-order valence-electron chi connectivity index (χ4n) is 2.88. The van der Waals surface area contributed by atoms with Gasteiger partial charge in [-0.1, -0.05) is 29.8 Å².